The van der Waals surface area contributed by atoms with Crippen LogP contribution in [-0.4, -0.2) is 6.61 Å². The van der Waals surface area contributed by atoms with E-state index in [9.17, 15) is 0 Å². The number of hydrogen-bond donors (Lipinski definition) is 0. The number of fused-ring (bicyclic) bond motifs is 3. The SMILES string of the molecule is C1=C\c2ccccc2-c2ccccc2OC/1. The molecule has 0 radical (unpaired) electrons. The first kappa shape index (κ1) is 9.22. The molecule has 0 fully saturated rings. The number of ether oxygens (including phenoxy) is 1. The van der Waals surface area contributed by atoms with Crippen LogP contribution < -0.4 is 4.74 Å². The van der Waals surface area contributed by atoms with Gasteiger partial charge in [-0.15, -0.1) is 0 Å². The van der Waals surface area contributed by atoms with E-state index < -0.39 is 0 Å². The third-order valence-electron chi connectivity index (χ3n) is 2.77. The van der Waals surface area contributed by atoms with Gasteiger partial charge < -0.3 is 4.74 Å². The molecule has 0 saturated carbocycles. The number of para-hydroxylation sites is 1. The smallest absolute Gasteiger partial charge is 0.127 e. The summed E-state index contributed by atoms with van der Waals surface area (Å²) in [5, 5.41) is 0. The zero-order chi connectivity index (χ0) is 10.8. The van der Waals surface area contributed by atoms with Crippen molar-refractivity contribution in [3.63, 3.8) is 0 Å². The molecular weight excluding hydrogens is 196 g/mol. The fourth-order valence-corrected chi connectivity index (χ4v) is 2.02. The first-order chi connectivity index (χ1) is 7.95. The van der Waals surface area contributed by atoms with Crippen molar-refractivity contribution in [3.05, 3.63) is 60.2 Å². The minimum atomic E-state index is 0.630. The molecular formula is C15H12O. The van der Waals surface area contributed by atoms with Crippen molar-refractivity contribution in [2.24, 2.45) is 0 Å². The zero-order valence-corrected chi connectivity index (χ0v) is 8.89. The third-order valence-corrected chi connectivity index (χ3v) is 2.77. The molecule has 0 aromatic heterocycles. The fourth-order valence-electron chi connectivity index (χ4n) is 2.02. The van der Waals surface area contributed by atoms with Crippen LogP contribution in [-0.2, 0) is 0 Å². The average molecular weight is 208 g/mol. The van der Waals surface area contributed by atoms with Crippen LogP contribution in [0.1, 0.15) is 5.56 Å². The molecule has 1 nitrogen and oxygen atoms in total. The van der Waals surface area contributed by atoms with Gasteiger partial charge in [0.15, 0.2) is 0 Å². The van der Waals surface area contributed by atoms with Crippen molar-refractivity contribution in [3.8, 4) is 16.9 Å². The maximum Gasteiger partial charge on any atom is 0.127 e. The largest absolute Gasteiger partial charge is 0.489 e. The van der Waals surface area contributed by atoms with E-state index in [1.54, 1.807) is 0 Å². The number of benzene rings is 2. The highest BCUT2D eigenvalue weighted by Crippen LogP contribution is 2.33. The molecule has 1 heterocycles. The highest BCUT2D eigenvalue weighted by atomic mass is 16.5. The standard InChI is InChI=1S/C15H12O/c1-2-8-13-12(6-1)7-5-11-16-15-10-4-3-9-14(13)15/h1-10H,11H2/b7-5-. The Kier molecular flexibility index (Phi) is 2.22. The van der Waals surface area contributed by atoms with Crippen molar-refractivity contribution in [1.82, 2.24) is 0 Å². The van der Waals surface area contributed by atoms with Crippen LogP contribution in [0.3, 0.4) is 0 Å². The molecule has 2 aromatic rings. The predicted molar refractivity (Wildman–Crippen MR) is 66.4 cm³/mol. The molecule has 1 heteroatoms. The molecule has 16 heavy (non-hydrogen) atoms. The molecule has 2 aromatic carbocycles. The Balaban J connectivity index is 2.28. The molecule has 0 bridgehead atoms. The molecule has 1 aliphatic rings. The van der Waals surface area contributed by atoms with E-state index in [-0.39, 0.29) is 0 Å². The van der Waals surface area contributed by atoms with Crippen LogP contribution in [0.2, 0.25) is 0 Å². The Morgan fingerprint density at radius 2 is 1.56 bits per heavy atom. The molecule has 1 aliphatic heterocycles. The van der Waals surface area contributed by atoms with Gasteiger partial charge >= 0.3 is 0 Å². The van der Waals surface area contributed by atoms with E-state index >= 15 is 0 Å². The second kappa shape index (κ2) is 3.86. The molecule has 3 rings (SSSR count). The molecule has 0 spiro atoms. The Morgan fingerprint density at radius 1 is 0.812 bits per heavy atom. The third kappa shape index (κ3) is 1.50. The van der Waals surface area contributed by atoms with Gasteiger partial charge in [0, 0.05) is 5.56 Å². The molecule has 0 N–H and O–H groups in total. The summed E-state index contributed by atoms with van der Waals surface area (Å²) in [6.07, 6.45) is 4.17. The summed E-state index contributed by atoms with van der Waals surface area (Å²) < 4.78 is 5.70. The van der Waals surface area contributed by atoms with Crippen molar-refractivity contribution in [2.75, 3.05) is 6.61 Å². The van der Waals surface area contributed by atoms with Crippen LogP contribution in [0, 0.1) is 0 Å². The highest BCUT2D eigenvalue weighted by Gasteiger charge is 2.09. The van der Waals surface area contributed by atoms with Gasteiger partial charge in [0.05, 0.1) is 0 Å². The lowest BCUT2D eigenvalue weighted by Crippen LogP contribution is -1.98. The minimum absolute atomic E-state index is 0.630. The van der Waals surface area contributed by atoms with Crippen LogP contribution in [0.5, 0.6) is 5.75 Å². The van der Waals surface area contributed by atoms with E-state index in [1.807, 2.05) is 18.2 Å². The normalized spacial score (nSPS) is 15.0. The summed E-state index contributed by atoms with van der Waals surface area (Å²) >= 11 is 0. The predicted octanol–water partition coefficient (Wildman–Crippen LogP) is 3.76. The van der Waals surface area contributed by atoms with Gasteiger partial charge in [-0.25, -0.2) is 0 Å². The number of rotatable bonds is 0. The summed E-state index contributed by atoms with van der Waals surface area (Å²) in [6, 6.07) is 16.6. The van der Waals surface area contributed by atoms with Gasteiger partial charge in [-0.3, -0.25) is 0 Å². The fraction of sp³-hybridized carbons (Fsp3) is 0.0667. The van der Waals surface area contributed by atoms with Gasteiger partial charge in [0.1, 0.15) is 12.4 Å². The second-order valence-corrected chi connectivity index (χ2v) is 3.80. The Morgan fingerprint density at radius 3 is 2.50 bits per heavy atom. The highest BCUT2D eigenvalue weighted by molar-refractivity contribution is 5.79. The summed E-state index contributed by atoms with van der Waals surface area (Å²) in [6.45, 7) is 0.630. The van der Waals surface area contributed by atoms with Gasteiger partial charge in [0.2, 0.25) is 0 Å². The van der Waals surface area contributed by atoms with E-state index in [0.717, 1.165) is 5.75 Å². The van der Waals surface area contributed by atoms with E-state index in [1.165, 1.54) is 16.7 Å². The van der Waals surface area contributed by atoms with Gasteiger partial charge in [-0.1, -0.05) is 48.5 Å². The van der Waals surface area contributed by atoms with Gasteiger partial charge in [-0.05, 0) is 23.3 Å². The molecule has 0 amide bonds. The minimum Gasteiger partial charge on any atom is -0.489 e. The topological polar surface area (TPSA) is 9.23 Å². The monoisotopic (exact) mass is 208 g/mol. The lowest BCUT2D eigenvalue weighted by atomic mass is 9.98. The lowest BCUT2D eigenvalue weighted by molar-refractivity contribution is 0.364. The van der Waals surface area contributed by atoms with Crippen molar-refractivity contribution >= 4 is 6.08 Å². The molecule has 0 saturated heterocycles. The maximum absolute atomic E-state index is 5.70. The van der Waals surface area contributed by atoms with Crippen LogP contribution in [0.25, 0.3) is 17.2 Å². The van der Waals surface area contributed by atoms with Crippen LogP contribution in [0.4, 0.5) is 0 Å². The summed E-state index contributed by atoms with van der Waals surface area (Å²) in [7, 11) is 0. The van der Waals surface area contributed by atoms with E-state index in [2.05, 4.69) is 42.5 Å². The number of hydrogen-bond acceptors (Lipinski definition) is 1. The Hall–Kier alpha value is -2.02. The molecule has 0 atom stereocenters. The van der Waals surface area contributed by atoms with E-state index in [0.29, 0.717) is 6.61 Å². The molecule has 0 unspecified atom stereocenters. The maximum atomic E-state index is 5.70. The summed E-state index contributed by atoms with van der Waals surface area (Å²) in [5.74, 6) is 0.958. The second-order valence-electron chi connectivity index (χ2n) is 3.80. The first-order valence-corrected chi connectivity index (χ1v) is 5.43. The van der Waals surface area contributed by atoms with Crippen molar-refractivity contribution < 1.29 is 4.74 Å². The Bertz CT molecular complexity index is 541. The van der Waals surface area contributed by atoms with Crippen molar-refractivity contribution in [2.45, 2.75) is 0 Å². The summed E-state index contributed by atoms with van der Waals surface area (Å²) in [4.78, 5) is 0. The van der Waals surface area contributed by atoms with Crippen molar-refractivity contribution in [1.29, 1.82) is 0 Å². The quantitative estimate of drug-likeness (QED) is 0.640. The lowest BCUT2D eigenvalue weighted by Gasteiger charge is -2.14. The average Bonchev–Trinajstić information content (AvgIpc) is 2.33. The van der Waals surface area contributed by atoms with Gasteiger partial charge in [-0.2, -0.15) is 0 Å². The molecule has 0 aliphatic carbocycles. The van der Waals surface area contributed by atoms with Crippen LogP contribution in [0.15, 0.2) is 54.6 Å². The zero-order valence-electron chi connectivity index (χ0n) is 8.89. The first-order valence-electron chi connectivity index (χ1n) is 5.43. The Labute approximate surface area is 95.0 Å². The molecule has 78 valence electrons. The van der Waals surface area contributed by atoms with Crippen LogP contribution >= 0.6 is 0 Å². The van der Waals surface area contributed by atoms with E-state index in [4.69, 9.17) is 4.74 Å². The van der Waals surface area contributed by atoms with Gasteiger partial charge in [0.25, 0.3) is 0 Å². The summed E-state index contributed by atoms with van der Waals surface area (Å²) in [5.41, 5.74) is 3.65.